The molecule has 4 amide bonds. The fourth-order valence-electron chi connectivity index (χ4n) is 10.9. The number of carbonyl (C=O) groups is 7. The predicted octanol–water partition coefficient (Wildman–Crippen LogP) is 0.579. The van der Waals surface area contributed by atoms with Gasteiger partial charge < -0.3 is 96.1 Å². The second-order valence-electron chi connectivity index (χ2n) is 23.3. The molecule has 0 saturated carbocycles. The minimum atomic E-state index is -1.43. The van der Waals surface area contributed by atoms with Crippen LogP contribution in [0, 0.1) is 5.92 Å². The van der Waals surface area contributed by atoms with Crippen molar-refractivity contribution in [2.24, 2.45) is 11.6 Å². The Hall–Kier alpha value is -3.71. The Balaban J connectivity index is 1.57. The van der Waals surface area contributed by atoms with Crippen molar-refractivity contribution in [1.29, 1.82) is 0 Å². The molecule has 0 aromatic rings. The molecule has 0 spiro atoms. The van der Waals surface area contributed by atoms with Gasteiger partial charge in [-0.3, -0.25) is 33.6 Å². The summed E-state index contributed by atoms with van der Waals surface area (Å²) in [7, 11) is 0. The van der Waals surface area contributed by atoms with Gasteiger partial charge in [-0.1, -0.05) is 64.7 Å². The number of nitrogens with two attached hydrogens (primary N) is 1. The molecular formula is C59H104N4O22. The molecule has 3 heterocycles. The molecule has 26 nitrogen and oxygen atoms in total. The van der Waals surface area contributed by atoms with Gasteiger partial charge in [-0.05, 0) is 64.2 Å². The summed E-state index contributed by atoms with van der Waals surface area (Å²) in [6.07, 6.45) is -2.23. The molecule has 85 heavy (non-hydrogen) atoms. The van der Waals surface area contributed by atoms with Crippen LogP contribution < -0.4 is 21.7 Å². The van der Waals surface area contributed by atoms with Crippen LogP contribution in [0.1, 0.15) is 194 Å². The van der Waals surface area contributed by atoms with Gasteiger partial charge in [-0.15, -0.1) is 0 Å². The Morgan fingerprint density at radius 2 is 0.788 bits per heavy atom. The van der Waals surface area contributed by atoms with E-state index in [9.17, 15) is 79.5 Å². The average molecular weight is 1220 g/mol. The number of aliphatic hydroxyl groups excluding tert-OH is 9. The Morgan fingerprint density at radius 3 is 1.15 bits per heavy atom. The van der Waals surface area contributed by atoms with Crippen LogP contribution in [0.15, 0.2) is 0 Å². The lowest BCUT2D eigenvalue weighted by molar-refractivity contribution is -0.282. The number of unbranched alkanes of at least 4 members (excludes halogenated alkanes) is 12. The van der Waals surface area contributed by atoms with Gasteiger partial charge in [-0.2, -0.15) is 0 Å². The van der Waals surface area contributed by atoms with Crippen LogP contribution in [-0.4, -0.2) is 218 Å². The van der Waals surface area contributed by atoms with E-state index in [1.165, 1.54) is 13.8 Å². The van der Waals surface area contributed by atoms with Crippen molar-refractivity contribution >= 4 is 41.0 Å². The van der Waals surface area contributed by atoms with Crippen molar-refractivity contribution in [1.82, 2.24) is 16.0 Å². The number of Topliss-reactive ketones (excluding diaryl/α,β-unsaturated/α-hetero) is 3. The van der Waals surface area contributed by atoms with Crippen molar-refractivity contribution in [3.8, 4) is 0 Å². The van der Waals surface area contributed by atoms with Gasteiger partial charge >= 0.3 is 0 Å². The molecule has 3 rings (SSSR count). The summed E-state index contributed by atoms with van der Waals surface area (Å²) in [5.41, 5.74) is 0.691. The first-order valence-corrected chi connectivity index (χ1v) is 30.9. The van der Waals surface area contributed by atoms with Gasteiger partial charge in [0.25, 0.3) is 0 Å². The van der Waals surface area contributed by atoms with E-state index in [2.05, 4.69) is 16.0 Å². The van der Waals surface area contributed by atoms with Crippen molar-refractivity contribution < 1.29 is 109 Å². The van der Waals surface area contributed by atoms with E-state index >= 15 is 0 Å². The van der Waals surface area contributed by atoms with Crippen LogP contribution in [0.25, 0.3) is 0 Å². The second-order valence-corrected chi connectivity index (χ2v) is 23.3. The molecule has 3 aliphatic rings. The highest BCUT2D eigenvalue weighted by molar-refractivity contribution is 5.82. The number of carbonyl (C=O) groups excluding carboxylic acids is 7. The largest absolute Gasteiger partial charge is 0.394 e. The van der Waals surface area contributed by atoms with Gasteiger partial charge in [0.05, 0.1) is 25.9 Å². The topological polar surface area (TPSA) is 419 Å². The number of ketones is 3. The molecule has 15 atom stereocenters. The molecule has 0 aliphatic carbocycles. The van der Waals surface area contributed by atoms with E-state index in [-0.39, 0.29) is 108 Å². The maximum atomic E-state index is 13.7. The maximum Gasteiger partial charge on any atom is 0.220 e. The van der Waals surface area contributed by atoms with E-state index < -0.39 is 141 Å². The summed E-state index contributed by atoms with van der Waals surface area (Å²) in [4.78, 5) is 89.8. The Morgan fingerprint density at radius 1 is 0.447 bits per heavy atom. The Kier molecular flexibility index (Phi) is 36.0. The normalized spacial score (nSPS) is 28.6. The monoisotopic (exact) mass is 1220 g/mol. The van der Waals surface area contributed by atoms with Crippen LogP contribution in [-0.2, 0) is 62.0 Å². The molecule has 3 aliphatic heterocycles. The molecule has 14 N–H and O–H groups in total. The molecular weight excluding hydrogens is 1120 g/mol. The standard InChI is InChI=1S/C59H104N4O22/c1-37-50(74)51(75)43(34-64)83-56(37)80-31-16-10-4-7-13-20-40(69)25-28-59(63-47(73)24-19-23-46(60)72,29-26-41(70)21-14-8-5-11-17-32-81-57-48(61-38(2)67)54(78)52(76)44(35-65)84-57)30-27-42(71)22-15-9-6-12-18-33-82-58-49(62-39(3)68)55(79)53(77)45(36-66)85-58/h37,43-45,48-58,64-66,74-79H,4-36H2,1-3H3,(H2,60,72)(H,61,67)(H,62,68)(H,63,73)/i/hT. The lowest BCUT2D eigenvalue weighted by atomic mass is 9.80. The Bertz CT molecular complexity index is 1910. The van der Waals surface area contributed by atoms with E-state index in [0.29, 0.717) is 58.0 Å². The van der Waals surface area contributed by atoms with Crippen LogP contribution in [0.3, 0.4) is 0 Å². The van der Waals surface area contributed by atoms with Crippen molar-refractivity contribution in [2.45, 2.75) is 286 Å². The number of hydrogen-bond acceptors (Lipinski definition) is 22. The minimum Gasteiger partial charge on any atom is -0.394 e. The number of nitrogens with one attached hydrogen (secondary N) is 3. The van der Waals surface area contributed by atoms with Crippen molar-refractivity contribution in [3.63, 3.8) is 0 Å². The molecule has 15 unspecified atom stereocenters. The number of aliphatic hydroxyl groups is 9. The van der Waals surface area contributed by atoms with E-state index in [4.69, 9.17) is 29.8 Å². The third-order valence-corrected chi connectivity index (χ3v) is 16.2. The molecule has 0 aromatic heterocycles. The fraction of sp³-hybridized carbons (Fsp3) is 0.881. The van der Waals surface area contributed by atoms with Crippen LogP contribution >= 0.6 is 0 Å². The van der Waals surface area contributed by atoms with Gasteiger partial charge in [-0.25, -0.2) is 0 Å². The lowest BCUT2D eigenvalue weighted by Crippen LogP contribution is -2.64. The second kappa shape index (κ2) is 41.5. The van der Waals surface area contributed by atoms with Crippen LogP contribution in [0.5, 0.6) is 0 Å². The van der Waals surface area contributed by atoms with Crippen LogP contribution in [0.4, 0.5) is 0 Å². The Labute approximate surface area is 501 Å². The smallest absolute Gasteiger partial charge is 0.220 e. The lowest BCUT2D eigenvalue weighted by Gasteiger charge is -2.42. The zero-order valence-corrected chi connectivity index (χ0v) is 50.3. The zero-order chi connectivity index (χ0) is 63.6. The molecule has 3 saturated heterocycles. The third kappa shape index (κ3) is 28.1. The first-order chi connectivity index (χ1) is 41.1. The summed E-state index contributed by atoms with van der Waals surface area (Å²) >= 11 is 0. The summed E-state index contributed by atoms with van der Waals surface area (Å²) in [6.45, 7) is 3.36. The first-order valence-electron chi connectivity index (χ1n) is 31.4. The SMILES string of the molecule is [3H]NC(=O)CCCC(=O)NC(CCC(=O)CCCCCCCOC1OC(CO)C(O)C(O)C1C)(CCC(=O)CCCCCCCOC1OC(CO)C(O)C(O)C1NC(C)=O)CCC(=O)CCCCCCCOC1OC(CO)C(O)C(O)C1NC(C)=O. The summed E-state index contributed by atoms with van der Waals surface area (Å²) in [6, 6.07) is -2.09. The predicted molar refractivity (Wildman–Crippen MR) is 305 cm³/mol. The van der Waals surface area contributed by atoms with E-state index in [1.807, 2.05) is 0 Å². The maximum absolute atomic E-state index is 13.7. The van der Waals surface area contributed by atoms with Crippen molar-refractivity contribution in [3.05, 3.63) is 0 Å². The highest BCUT2D eigenvalue weighted by Gasteiger charge is 2.47. The summed E-state index contributed by atoms with van der Waals surface area (Å²) in [5.74, 6) is -2.53. The minimum absolute atomic E-state index is 0.0377. The number of ether oxygens (including phenoxy) is 6. The highest BCUT2D eigenvalue weighted by Crippen LogP contribution is 2.31. The first kappa shape index (κ1) is 73.8. The fourth-order valence-corrected chi connectivity index (χ4v) is 10.9. The molecule has 0 bridgehead atoms. The summed E-state index contributed by atoms with van der Waals surface area (Å²) < 4.78 is 41.4. The molecule has 26 heteroatoms. The molecule has 0 aromatic carbocycles. The third-order valence-electron chi connectivity index (χ3n) is 16.2. The summed E-state index contributed by atoms with van der Waals surface area (Å²) in [5, 5.41) is 99.0. The van der Waals surface area contributed by atoms with Gasteiger partial charge in [0.15, 0.2) is 20.3 Å². The zero-order valence-electron chi connectivity index (χ0n) is 51.3. The van der Waals surface area contributed by atoms with Gasteiger partial charge in [0.1, 0.15) is 78.3 Å². The number of primary amides is 1. The molecule has 492 valence electrons. The quantitative estimate of drug-likeness (QED) is 0.0371. The number of rotatable bonds is 46. The van der Waals surface area contributed by atoms with Gasteiger partial charge in [0, 0.05) is 96.5 Å². The van der Waals surface area contributed by atoms with Crippen LogP contribution in [0.2, 0.25) is 1.41 Å². The van der Waals surface area contributed by atoms with E-state index in [1.54, 1.807) is 12.7 Å². The van der Waals surface area contributed by atoms with Gasteiger partial charge in [0.2, 0.25) is 23.6 Å². The number of amides is 4. The molecule has 0 radical (unpaired) electrons. The highest BCUT2D eigenvalue weighted by atomic mass is 16.7. The molecule has 3 fully saturated rings. The average Bonchev–Trinajstić information content (AvgIpc) is 3.53. The van der Waals surface area contributed by atoms with E-state index in [0.717, 1.165) is 44.9 Å². The van der Waals surface area contributed by atoms with Crippen molar-refractivity contribution in [2.75, 3.05) is 39.6 Å². The number of hydrogen-bond donors (Lipinski definition) is 13.